The van der Waals surface area contributed by atoms with E-state index in [2.05, 4.69) is 11.4 Å². The van der Waals surface area contributed by atoms with Gasteiger partial charge in [-0.1, -0.05) is 0 Å². The van der Waals surface area contributed by atoms with E-state index in [1.807, 2.05) is 0 Å². The Hall–Kier alpha value is -0.540. The molecule has 1 saturated carbocycles. The van der Waals surface area contributed by atoms with Gasteiger partial charge in [-0.25, -0.2) is 0 Å². The second-order valence-electron chi connectivity index (χ2n) is 4.94. The average Bonchev–Trinajstić information content (AvgIpc) is 2.93. The van der Waals surface area contributed by atoms with Gasteiger partial charge in [-0.2, -0.15) is 0 Å². The van der Waals surface area contributed by atoms with Crippen LogP contribution in [0.3, 0.4) is 0 Å². The summed E-state index contributed by atoms with van der Waals surface area (Å²) >= 11 is 7.83. The van der Waals surface area contributed by atoms with Gasteiger partial charge >= 0.3 is 0 Å². The molecule has 1 fully saturated rings. The van der Waals surface area contributed by atoms with Crippen molar-refractivity contribution in [1.82, 2.24) is 5.32 Å². The Balaban J connectivity index is 1.69. The molecule has 1 N–H and O–H groups in total. The third-order valence-electron chi connectivity index (χ3n) is 3.72. The lowest BCUT2D eigenvalue weighted by molar-refractivity contribution is 0.0942. The van der Waals surface area contributed by atoms with Gasteiger partial charge in [0.2, 0.25) is 0 Å². The van der Waals surface area contributed by atoms with Crippen LogP contribution in [0.4, 0.5) is 0 Å². The SMILES string of the molecule is O=C(NC1CCCC1Cl)c1cc2c(s1)CCC2. The molecule has 1 aromatic rings. The summed E-state index contributed by atoms with van der Waals surface area (Å²) in [5.74, 6) is 0.0712. The van der Waals surface area contributed by atoms with Crippen molar-refractivity contribution < 1.29 is 4.79 Å². The van der Waals surface area contributed by atoms with E-state index in [-0.39, 0.29) is 17.3 Å². The number of alkyl halides is 1. The molecular formula is C13H16ClNOS. The Morgan fingerprint density at radius 1 is 1.35 bits per heavy atom. The number of carbonyl (C=O) groups excluding carboxylic acids is 1. The first kappa shape index (κ1) is 11.5. The molecule has 0 saturated heterocycles. The molecule has 2 aliphatic rings. The first-order chi connectivity index (χ1) is 8.24. The summed E-state index contributed by atoms with van der Waals surface area (Å²) in [6.07, 6.45) is 6.70. The zero-order valence-electron chi connectivity index (χ0n) is 9.67. The molecule has 1 heterocycles. The van der Waals surface area contributed by atoms with Gasteiger partial charge in [-0.05, 0) is 50.2 Å². The minimum atomic E-state index is 0.0712. The van der Waals surface area contributed by atoms with Crippen LogP contribution >= 0.6 is 22.9 Å². The van der Waals surface area contributed by atoms with Crippen molar-refractivity contribution in [2.45, 2.75) is 49.9 Å². The number of rotatable bonds is 2. The molecule has 17 heavy (non-hydrogen) atoms. The van der Waals surface area contributed by atoms with Crippen LogP contribution in [0.2, 0.25) is 0 Å². The largest absolute Gasteiger partial charge is 0.347 e. The minimum Gasteiger partial charge on any atom is -0.347 e. The van der Waals surface area contributed by atoms with Crippen LogP contribution < -0.4 is 5.32 Å². The van der Waals surface area contributed by atoms with Crippen LogP contribution in [-0.2, 0) is 12.8 Å². The van der Waals surface area contributed by atoms with Gasteiger partial charge in [-0.3, -0.25) is 4.79 Å². The second-order valence-corrected chi connectivity index (χ2v) is 6.64. The fourth-order valence-electron chi connectivity index (χ4n) is 2.76. The van der Waals surface area contributed by atoms with Crippen LogP contribution in [-0.4, -0.2) is 17.3 Å². The molecule has 2 atom stereocenters. The van der Waals surface area contributed by atoms with Crippen LogP contribution in [0, 0.1) is 0 Å². The Labute approximate surface area is 110 Å². The number of carbonyl (C=O) groups is 1. The molecule has 92 valence electrons. The van der Waals surface area contributed by atoms with Crippen LogP contribution in [0.25, 0.3) is 0 Å². The Morgan fingerprint density at radius 2 is 2.24 bits per heavy atom. The van der Waals surface area contributed by atoms with Gasteiger partial charge in [-0.15, -0.1) is 22.9 Å². The molecule has 0 bridgehead atoms. The Kier molecular flexibility index (Phi) is 3.14. The fourth-order valence-corrected chi connectivity index (χ4v) is 4.26. The highest BCUT2D eigenvalue weighted by atomic mass is 35.5. The van der Waals surface area contributed by atoms with Gasteiger partial charge < -0.3 is 5.32 Å². The topological polar surface area (TPSA) is 29.1 Å². The maximum absolute atomic E-state index is 12.1. The van der Waals surface area contributed by atoms with Crippen molar-refractivity contribution in [3.05, 3.63) is 21.4 Å². The quantitative estimate of drug-likeness (QED) is 0.821. The molecular weight excluding hydrogens is 254 g/mol. The smallest absolute Gasteiger partial charge is 0.261 e. The molecule has 0 aliphatic heterocycles. The zero-order valence-corrected chi connectivity index (χ0v) is 11.2. The number of fused-ring (bicyclic) bond motifs is 1. The van der Waals surface area contributed by atoms with E-state index < -0.39 is 0 Å². The van der Waals surface area contributed by atoms with Crippen LogP contribution in [0.15, 0.2) is 6.07 Å². The second kappa shape index (κ2) is 4.62. The Morgan fingerprint density at radius 3 is 2.94 bits per heavy atom. The lowest BCUT2D eigenvalue weighted by atomic mass is 10.2. The van der Waals surface area contributed by atoms with E-state index in [0.29, 0.717) is 0 Å². The first-order valence-electron chi connectivity index (χ1n) is 6.30. The number of hydrogen-bond donors (Lipinski definition) is 1. The van der Waals surface area contributed by atoms with Crippen molar-refractivity contribution in [2.75, 3.05) is 0 Å². The predicted molar refractivity (Wildman–Crippen MR) is 71.1 cm³/mol. The summed E-state index contributed by atoms with van der Waals surface area (Å²) in [4.78, 5) is 14.4. The van der Waals surface area contributed by atoms with E-state index in [0.717, 1.165) is 37.0 Å². The average molecular weight is 270 g/mol. The zero-order chi connectivity index (χ0) is 11.8. The lowest BCUT2D eigenvalue weighted by Gasteiger charge is -2.14. The highest BCUT2D eigenvalue weighted by molar-refractivity contribution is 7.14. The summed E-state index contributed by atoms with van der Waals surface area (Å²) in [5.41, 5.74) is 1.38. The summed E-state index contributed by atoms with van der Waals surface area (Å²) in [5, 5.41) is 3.19. The van der Waals surface area contributed by atoms with Crippen molar-refractivity contribution in [1.29, 1.82) is 0 Å². The standard InChI is InChI=1S/C13H16ClNOS/c14-9-4-2-5-10(9)15-13(16)12-7-8-3-1-6-11(8)17-12/h7,9-10H,1-6H2,(H,15,16). The highest BCUT2D eigenvalue weighted by Gasteiger charge is 2.28. The number of halogens is 1. The minimum absolute atomic E-state index is 0.0712. The molecule has 4 heteroatoms. The normalized spacial score (nSPS) is 27.1. The maximum Gasteiger partial charge on any atom is 0.261 e. The van der Waals surface area contributed by atoms with E-state index >= 15 is 0 Å². The van der Waals surface area contributed by atoms with Gasteiger partial charge in [0.25, 0.3) is 5.91 Å². The van der Waals surface area contributed by atoms with Gasteiger partial charge in [0.15, 0.2) is 0 Å². The summed E-state index contributed by atoms with van der Waals surface area (Å²) in [7, 11) is 0. The molecule has 0 radical (unpaired) electrons. The number of amides is 1. The Bertz CT molecular complexity index is 421. The molecule has 0 aromatic carbocycles. The summed E-state index contributed by atoms with van der Waals surface area (Å²) < 4.78 is 0. The first-order valence-corrected chi connectivity index (χ1v) is 7.56. The summed E-state index contributed by atoms with van der Waals surface area (Å²) in [6, 6.07) is 2.24. The van der Waals surface area contributed by atoms with Crippen molar-refractivity contribution in [3.63, 3.8) is 0 Å². The fraction of sp³-hybridized carbons (Fsp3) is 0.615. The summed E-state index contributed by atoms with van der Waals surface area (Å²) in [6.45, 7) is 0. The van der Waals surface area contributed by atoms with E-state index in [1.165, 1.54) is 16.9 Å². The third kappa shape index (κ3) is 2.23. The van der Waals surface area contributed by atoms with Crippen LogP contribution in [0.5, 0.6) is 0 Å². The molecule has 1 amide bonds. The number of nitrogens with one attached hydrogen (secondary N) is 1. The number of aryl methyl sites for hydroxylation is 2. The monoisotopic (exact) mass is 269 g/mol. The molecule has 1 aromatic heterocycles. The molecule has 2 aliphatic carbocycles. The molecule has 3 rings (SSSR count). The van der Waals surface area contributed by atoms with Crippen molar-refractivity contribution in [3.8, 4) is 0 Å². The van der Waals surface area contributed by atoms with E-state index in [4.69, 9.17) is 11.6 Å². The predicted octanol–water partition coefficient (Wildman–Crippen LogP) is 3.13. The van der Waals surface area contributed by atoms with E-state index in [9.17, 15) is 4.79 Å². The molecule has 2 unspecified atom stereocenters. The van der Waals surface area contributed by atoms with E-state index in [1.54, 1.807) is 11.3 Å². The molecule has 0 spiro atoms. The van der Waals surface area contributed by atoms with Crippen LogP contribution in [0.1, 0.15) is 45.8 Å². The van der Waals surface area contributed by atoms with Gasteiger partial charge in [0, 0.05) is 10.9 Å². The molecule has 2 nitrogen and oxygen atoms in total. The van der Waals surface area contributed by atoms with Gasteiger partial charge in [0.05, 0.1) is 10.3 Å². The van der Waals surface area contributed by atoms with Gasteiger partial charge in [0.1, 0.15) is 0 Å². The lowest BCUT2D eigenvalue weighted by Crippen LogP contribution is -2.37. The number of thiophene rings is 1. The van der Waals surface area contributed by atoms with Crippen molar-refractivity contribution in [2.24, 2.45) is 0 Å². The third-order valence-corrected chi connectivity index (χ3v) is 5.48. The maximum atomic E-state index is 12.1. The number of hydrogen-bond acceptors (Lipinski definition) is 2. The highest BCUT2D eigenvalue weighted by Crippen LogP contribution is 2.31. The van der Waals surface area contributed by atoms with Crippen molar-refractivity contribution >= 4 is 28.8 Å².